The van der Waals surface area contributed by atoms with Crippen LogP contribution in [0.1, 0.15) is 12.0 Å². The summed E-state index contributed by atoms with van der Waals surface area (Å²) in [6, 6.07) is 20.9. The molecule has 21 heavy (non-hydrogen) atoms. The molecule has 0 unspecified atom stereocenters. The molecule has 0 aliphatic heterocycles. The molecule has 3 rings (SSSR count). The standard InChI is InChI=1S/C19H20OS/c1-2-19(21-18-11-7-4-8-12-18)13-17(19)15-20-14-16-9-5-3-6-10-16/h2-12,17H,1,13-15H2/t17-,19-/m0/s1. The quantitative estimate of drug-likeness (QED) is 0.669. The van der Waals surface area contributed by atoms with Crippen LogP contribution in [-0.4, -0.2) is 11.4 Å². The molecule has 0 bridgehead atoms. The first kappa shape index (κ1) is 14.4. The Kier molecular flexibility index (Phi) is 4.47. The zero-order valence-electron chi connectivity index (χ0n) is 12.1. The summed E-state index contributed by atoms with van der Waals surface area (Å²) in [6.45, 7) is 5.53. The van der Waals surface area contributed by atoms with Gasteiger partial charge in [0, 0.05) is 15.6 Å². The number of ether oxygens (including phenoxy) is 1. The molecule has 2 aromatic rings. The summed E-state index contributed by atoms with van der Waals surface area (Å²) in [7, 11) is 0. The first-order valence-corrected chi connectivity index (χ1v) is 8.13. The lowest BCUT2D eigenvalue weighted by Gasteiger charge is -2.12. The highest BCUT2D eigenvalue weighted by Gasteiger charge is 2.52. The molecular formula is C19H20OS. The number of hydrogen-bond acceptors (Lipinski definition) is 2. The second kappa shape index (κ2) is 6.50. The van der Waals surface area contributed by atoms with E-state index in [9.17, 15) is 0 Å². The molecule has 0 N–H and O–H groups in total. The minimum absolute atomic E-state index is 0.165. The third-order valence-corrected chi connectivity index (χ3v) is 5.48. The lowest BCUT2D eigenvalue weighted by molar-refractivity contribution is 0.110. The van der Waals surface area contributed by atoms with Gasteiger partial charge >= 0.3 is 0 Å². The topological polar surface area (TPSA) is 9.23 Å². The molecule has 0 amide bonds. The third kappa shape index (κ3) is 3.58. The van der Waals surface area contributed by atoms with Gasteiger partial charge in [-0.05, 0) is 24.1 Å². The summed E-state index contributed by atoms with van der Waals surface area (Å²) in [5.41, 5.74) is 1.23. The Morgan fingerprint density at radius 3 is 2.43 bits per heavy atom. The smallest absolute Gasteiger partial charge is 0.0717 e. The molecule has 0 spiro atoms. The van der Waals surface area contributed by atoms with Crippen LogP contribution in [0.15, 0.2) is 78.2 Å². The molecular weight excluding hydrogens is 276 g/mol. The Morgan fingerprint density at radius 2 is 1.76 bits per heavy atom. The molecule has 2 aromatic carbocycles. The number of hydrogen-bond donors (Lipinski definition) is 0. The van der Waals surface area contributed by atoms with E-state index >= 15 is 0 Å². The fourth-order valence-corrected chi connectivity index (χ4v) is 3.88. The van der Waals surface area contributed by atoms with Crippen molar-refractivity contribution in [2.24, 2.45) is 5.92 Å². The summed E-state index contributed by atoms with van der Waals surface area (Å²) in [6.07, 6.45) is 3.26. The highest BCUT2D eigenvalue weighted by atomic mass is 32.2. The Morgan fingerprint density at radius 1 is 1.10 bits per heavy atom. The maximum atomic E-state index is 5.88. The molecule has 1 aliphatic rings. The fraction of sp³-hybridized carbons (Fsp3) is 0.263. The van der Waals surface area contributed by atoms with Crippen LogP contribution in [0.3, 0.4) is 0 Å². The monoisotopic (exact) mass is 296 g/mol. The number of benzene rings is 2. The Bertz CT molecular complexity index is 581. The summed E-state index contributed by atoms with van der Waals surface area (Å²) in [5.74, 6) is 0.573. The SMILES string of the molecule is C=C[C@]1(Sc2ccccc2)C[C@H]1COCc1ccccc1. The Hall–Kier alpha value is -1.51. The molecule has 1 fully saturated rings. The maximum absolute atomic E-state index is 5.88. The van der Waals surface area contributed by atoms with E-state index in [1.807, 2.05) is 17.8 Å². The van der Waals surface area contributed by atoms with E-state index in [1.54, 1.807) is 0 Å². The van der Waals surface area contributed by atoms with Crippen molar-refractivity contribution < 1.29 is 4.74 Å². The van der Waals surface area contributed by atoms with Crippen LogP contribution in [0.5, 0.6) is 0 Å². The van der Waals surface area contributed by atoms with Gasteiger partial charge in [0.05, 0.1) is 13.2 Å². The van der Waals surface area contributed by atoms with E-state index in [1.165, 1.54) is 10.5 Å². The highest BCUT2D eigenvalue weighted by Crippen LogP contribution is 2.57. The lowest BCUT2D eigenvalue weighted by Crippen LogP contribution is -2.07. The van der Waals surface area contributed by atoms with Gasteiger partial charge in [0.15, 0.2) is 0 Å². The molecule has 1 nitrogen and oxygen atoms in total. The number of rotatable bonds is 7. The zero-order chi connectivity index (χ0) is 14.5. The lowest BCUT2D eigenvalue weighted by atomic mass is 10.2. The van der Waals surface area contributed by atoms with Crippen LogP contribution < -0.4 is 0 Å². The predicted molar refractivity (Wildman–Crippen MR) is 89.4 cm³/mol. The average Bonchev–Trinajstić information content (AvgIpc) is 3.22. The largest absolute Gasteiger partial charge is 0.376 e. The van der Waals surface area contributed by atoms with E-state index in [4.69, 9.17) is 4.74 Å². The second-order valence-electron chi connectivity index (χ2n) is 5.48. The second-order valence-corrected chi connectivity index (χ2v) is 6.91. The van der Waals surface area contributed by atoms with Gasteiger partial charge in [-0.1, -0.05) is 54.6 Å². The Labute approximate surface area is 131 Å². The van der Waals surface area contributed by atoms with Crippen molar-refractivity contribution in [1.82, 2.24) is 0 Å². The van der Waals surface area contributed by atoms with Crippen molar-refractivity contribution in [2.75, 3.05) is 6.61 Å². The van der Waals surface area contributed by atoms with Crippen molar-refractivity contribution in [3.8, 4) is 0 Å². The van der Waals surface area contributed by atoms with Crippen molar-refractivity contribution in [1.29, 1.82) is 0 Å². The van der Waals surface area contributed by atoms with Crippen LogP contribution in [0, 0.1) is 5.92 Å². The molecule has 1 saturated carbocycles. The average molecular weight is 296 g/mol. The summed E-state index contributed by atoms with van der Waals surface area (Å²) in [5, 5.41) is 0. The Balaban J connectivity index is 1.50. The van der Waals surface area contributed by atoms with Gasteiger partial charge in [-0.15, -0.1) is 18.3 Å². The predicted octanol–water partition coefficient (Wildman–Crippen LogP) is 4.94. The number of thioether (sulfide) groups is 1. The molecule has 2 heteroatoms. The van der Waals surface area contributed by atoms with Crippen molar-refractivity contribution in [2.45, 2.75) is 22.7 Å². The van der Waals surface area contributed by atoms with Crippen molar-refractivity contribution >= 4 is 11.8 Å². The van der Waals surface area contributed by atoms with Crippen molar-refractivity contribution in [3.63, 3.8) is 0 Å². The summed E-state index contributed by atoms with van der Waals surface area (Å²) < 4.78 is 6.04. The van der Waals surface area contributed by atoms with Gasteiger partial charge in [0.25, 0.3) is 0 Å². The van der Waals surface area contributed by atoms with E-state index in [2.05, 4.69) is 67.3 Å². The van der Waals surface area contributed by atoms with Gasteiger partial charge in [-0.2, -0.15) is 0 Å². The molecule has 0 heterocycles. The molecule has 2 atom stereocenters. The van der Waals surface area contributed by atoms with Crippen LogP contribution in [0.25, 0.3) is 0 Å². The molecule has 0 radical (unpaired) electrons. The van der Waals surface area contributed by atoms with Gasteiger partial charge in [0.2, 0.25) is 0 Å². The minimum atomic E-state index is 0.165. The van der Waals surface area contributed by atoms with Crippen LogP contribution in [0.4, 0.5) is 0 Å². The van der Waals surface area contributed by atoms with E-state index in [-0.39, 0.29) is 4.75 Å². The highest BCUT2D eigenvalue weighted by molar-refractivity contribution is 8.01. The van der Waals surface area contributed by atoms with E-state index < -0.39 is 0 Å². The first-order chi connectivity index (χ1) is 10.3. The summed E-state index contributed by atoms with van der Waals surface area (Å²) in [4.78, 5) is 1.31. The van der Waals surface area contributed by atoms with Crippen LogP contribution >= 0.6 is 11.8 Å². The van der Waals surface area contributed by atoms with Gasteiger partial charge < -0.3 is 4.74 Å². The molecule has 0 aromatic heterocycles. The zero-order valence-corrected chi connectivity index (χ0v) is 12.9. The maximum Gasteiger partial charge on any atom is 0.0717 e. The van der Waals surface area contributed by atoms with Crippen molar-refractivity contribution in [3.05, 3.63) is 78.9 Å². The summed E-state index contributed by atoms with van der Waals surface area (Å²) >= 11 is 1.91. The van der Waals surface area contributed by atoms with E-state index in [0.717, 1.165) is 13.0 Å². The minimum Gasteiger partial charge on any atom is -0.376 e. The van der Waals surface area contributed by atoms with E-state index in [0.29, 0.717) is 12.5 Å². The molecule has 0 saturated heterocycles. The normalized spacial score (nSPS) is 23.7. The molecule has 108 valence electrons. The first-order valence-electron chi connectivity index (χ1n) is 7.32. The van der Waals surface area contributed by atoms with Gasteiger partial charge in [-0.3, -0.25) is 0 Å². The fourth-order valence-electron chi connectivity index (χ4n) is 2.54. The van der Waals surface area contributed by atoms with Crippen LogP contribution in [-0.2, 0) is 11.3 Å². The third-order valence-electron chi connectivity index (χ3n) is 3.92. The van der Waals surface area contributed by atoms with Gasteiger partial charge in [-0.25, -0.2) is 0 Å². The van der Waals surface area contributed by atoms with Crippen LogP contribution in [0.2, 0.25) is 0 Å². The van der Waals surface area contributed by atoms with Gasteiger partial charge in [0.1, 0.15) is 0 Å². The molecule has 1 aliphatic carbocycles.